The predicted octanol–water partition coefficient (Wildman–Crippen LogP) is 12.0. The first-order valence-electron chi connectivity index (χ1n) is 16.5. The number of thiophene rings is 1. The van der Waals surface area contributed by atoms with Gasteiger partial charge in [0.1, 0.15) is 0 Å². The average molecular weight is 535 g/mol. The third-order valence-corrected chi connectivity index (χ3v) is 8.58. The maximum atomic E-state index is 11.9. The van der Waals surface area contributed by atoms with E-state index in [-0.39, 0.29) is 5.97 Å². The van der Waals surface area contributed by atoms with E-state index in [9.17, 15) is 4.79 Å². The summed E-state index contributed by atoms with van der Waals surface area (Å²) in [5, 5.41) is 2.19. The van der Waals surface area contributed by atoms with Gasteiger partial charge in [-0.2, -0.15) is 0 Å². The van der Waals surface area contributed by atoms with Gasteiger partial charge in [-0.15, -0.1) is 11.3 Å². The largest absolute Gasteiger partial charge is 0.466 e. The van der Waals surface area contributed by atoms with E-state index in [1.165, 1.54) is 154 Å². The number of hydrogen-bond acceptors (Lipinski definition) is 3. The van der Waals surface area contributed by atoms with Crippen LogP contribution in [0.1, 0.15) is 179 Å². The first-order chi connectivity index (χ1) is 18.3. The van der Waals surface area contributed by atoms with Crippen molar-refractivity contribution in [3.8, 4) is 0 Å². The second-order valence-corrected chi connectivity index (χ2v) is 12.3. The summed E-state index contributed by atoms with van der Waals surface area (Å²) in [6.07, 6.45) is 35.4. The lowest BCUT2D eigenvalue weighted by atomic mass is 10.0. The fourth-order valence-corrected chi connectivity index (χ4v) is 5.92. The molecule has 0 N–H and O–H groups in total. The van der Waals surface area contributed by atoms with E-state index in [2.05, 4.69) is 24.4 Å². The summed E-state index contributed by atoms with van der Waals surface area (Å²) in [5.41, 5.74) is 0. The van der Waals surface area contributed by atoms with Gasteiger partial charge in [-0.1, -0.05) is 154 Å². The molecule has 0 saturated carbocycles. The Morgan fingerprint density at radius 2 is 1.03 bits per heavy atom. The van der Waals surface area contributed by atoms with Gasteiger partial charge in [0.2, 0.25) is 0 Å². The number of hydrogen-bond donors (Lipinski definition) is 0. The van der Waals surface area contributed by atoms with Gasteiger partial charge < -0.3 is 4.74 Å². The van der Waals surface area contributed by atoms with Gasteiger partial charge in [0.15, 0.2) is 0 Å². The smallest absolute Gasteiger partial charge is 0.305 e. The minimum atomic E-state index is 0.0225. The molecule has 0 unspecified atom stereocenters. The van der Waals surface area contributed by atoms with Crippen molar-refractivity contribution in [1.29, 1.82) is 0 Å². The van der Waals surface area contributed by atoms with Gasteiger partial charge in [-0.25, -0.2) is 0 Å². The van der Waals surface area contributed by atoms with Gasteiger partial charge in [0, 0.05) is 11.3 Å². The molecule has 0 aliphatic rings. The molecule has 0 spiro atoms. The van der Waals surface area contributed by atoms with Gasteiger partial charge in [-0.05, 0) is 37.1 Å². The summed E-state index contributed by atoms with van der Waals surface area (Å²) in [7, 11) is 0. The highest BCUT2D eigenvalue weighted by molar-refractivity contribution is 7.09. The van der Waals surface area contributed by atoms with E-state index in [0.717, 1.165) is 12.8 Å². The van der Waals surface area contributed by atoms with E-state index in [1.54, 1.807) is 4.88 Å². The molecule has 0 aliphatic carbocycles. The molecular weight excluding hydrogens is 472 g/mol. The molecule has 216 valence electrons. The molecule has 3 heteroatoms. The Morgan fingerprint density at radius 3 is 1.49 bits per heavy atom. The van der Waals surface area contributed by atoms with Crippen LogP contribution in [0.5, 0.6) is 0 Å². The Morgan fingerprint density at radius 1 is 0.595 bits per heavy atom. The van der Waals surface area contributed by atoms with Crippen LogP contribution in [-0.4, -0.2) is 12.6 Å². The summed E-state index contributed by atoms with van der Waals surface area (Å²) in [4.78, 5) is 13.4. The van der Waals surface area contributed by atoms with Crippen LogP contribution in [0.2, 0.25) is 0 Å². The maximum absolute atomic E-state index is 11.9. The molecule has 1 heterocycles. The van der Waals surface area contributed by atoms with Crippen molar-refractivity contribution in [2.75, 3.05) is 6.61 Å². The summed E-state index contributed by atoms with van der Waals surface area (Å²) in [6.45, 7) is 2.90. The Hall–Kier alpha value is -0.830. The molecule has 1 aromatic rings. The standard InChI is InChI=1S/C34H62O2S/c1-2-3-4-5-6-7-17-20-23-26-31-36-34(35)30-25-22-19-16-14-12-10-8-9-11-13-15-18-21-24-28-33-29-27-32-37-33/h27,29,32H,2-26,28,30-31H2,1H3. The summed E-state index contributed by atoms with van der Waals surface area (Å²) < 4.78 is 5.41. The van der Waals surface area contributed by atoms with Crippen LogP contribution in [0.25, 0.3) is 0 Å². The topological polar surface area (TPSA) is 26.3 Å². The SMILES string of the molecule is CCCCCCCCCCCCOC(=O)CCCCCCCCCCCCCCCCCc1cccs1. The van der Waals surface area contributed by atoms with Crippen LogP contribution in [0.4, 0.5) is 0 Å². The number of ether oxygens (including phenoxy) is 1. The number of aryl methyl sites for hydroxylation is 1. The molecule has 0 bridgehead atoms. The molecule has 1 rings (SSSR count). The number of carbonyl (C=O) groups excluding carboxylic acids is 1. The van der Waals surface area contributed by atoms with Crippen molar-refractivity contribution >= 4 is 17.3 Å². The number of unbranched alkanes of at least 4 members (excludes halogenated alkanes) is 23. The summed E-state index contributed by atoms with van der Waals surface area (Å²) in [5.74, 6) is 0.0225. The lowest BCUT2D eigenvalue weighted by Crippen LogP contribution is -2.05. The third-order valence-electron chi connectivity index (χ3n) is 7.65. The second-order valence-electron chi connectivity index (χ2n) is 11.3. The quantitative estimate of drug-likeness (QED) is 0.0754. The lowest BCUT2D eigenvalue weighted by Gasteiger charge is -2.06. The van der Waals surface area contributed by atoms with Crippen LogP contribution >= 0.6 is 11.3 Å². The van der Waals surface area contributed by atoms with Crippen molar-refractivity contribution in [3.05, 3.63) is 22.4 Å². The number of carbonyl (C=O) groups is 1. The van der Waals surface area contributed by atoms with Crippen molar-refractivity contribution in [3.63, 3.8) is 0 Å². The van der Waals surface area contributed by atoms with E-state index in [4.69, 9.17) is 4.74 Å². The zero-order valence-corrected chi connectivity index (χ0v) is 25.6. The molecule has 0 atom stereocenters. The highest BCUT2D eigenvalue weighted by atomic mass is 32.1. The Kier molecular flexibility index (Phi) is 26.1. The molecule has 0 aliphatic heterocycles. The lowest BCUT2D eigenvalue weighted by molar-refractivity contribution is -0.143. The predicted molar refractivity (Wildman–Crippen MR) is 165 cm³/mol. The van der Waals surface area contributed by atoms with Crippen LogP contribution in [0, 0.1) is 0 Å². The molecule has 37 heavy (non-hydrogen) atoms. The molecule has 2 nitrogen and oxygen atoms in total. The first kappa shape index (κ1) is 34.2. The average Bonchev–Trinajstić information content (AvgIpc) is 3.42. The van der Waals surface area contributed by atoms with Crippen LogP contribution in [0.3, 0.4) is 0 Å². The van der Waals surface area contributed by atoms with Crippen molar-refractivity contribution in [1.82, 2.24) is 0 Å². The van der Waals surface area contributed by atoms with Crippen molar-refractivity contribution < 1.29 is 9.53 Å². The van der Waals surface area contributed by atoms with Gasteiger partial charge >= 0.3 is 5.97 Å². The van der Waals surface area contributed by atoms with Crippen molar-refractivity contribution in [2.45, 2.75) is 180 Å². The number of rotatable bonds is 29. The Bertz CT molecular complexity index is 568. The molecular formula is C34H62O2S. The second kappa shape index (κ2) is 28.2. The molecule has 0 saturated heterocycles. The molecule has 0 aromatic carbocycles. The van der Waals surface area contributed by atoms with E-state index in [0.29, 0.717) is 13.0 Å². The van der Waals surface area contributed by atoms with E-state index < -0.39 is 0 Å². The van der Waals surface area contributed by atoms with Crippen LogP contribution in [0.15, 0.2) is 17.5 Å². The third kappa shape index (κ3) is 25.2. The molecule has 0 amide bonds. The highest BCUT2D eigenvalue weighted by Crippen LogP contribution is 2.16. The van der Waals surface area contributed by atoms with Gasteiger partial charge in [0.05, 0.1) is 6.61 Å². The number of esters is 1. The molecule has 0 radical (unpaired) electrons. The van der Waals surface area contributed by atoms with Crippen LogP contribution in [-0.2, 0) is 16.0 Å². The minimum Gasteiger partial charge on any atom is -0.466 e. The van der Waals surface area contributed by atoms with Crippen molar-refractivity contribution in [2.24, 2.45) is 0 Å². The summed E-state index contributed by atoms with van der Waals surface area (Å²) >= 11 is 1.90. The zero-order chi connectivity index (χ0) is 26.5. The van der Waals surface area contributed by atoms with E-state index in [1.807, 2.05) is 11.3 Å². The fraction of sp³-hybridized carbons (Fsp3) is 0.853. The van der Waals surface area contributed by atoms with Crippen LogP contribution < -0.4 is 0 Å². The Labute approximate surface area is 235 Å². The van der Waals surface area contributed by atoms with Gasteiger partial charge in [-0.3, -0.25) is 4.79 Å². The van der Waals surface area contributed by atoms with Gasteiger partial charge in [0.25, 0.3) is 0 Å². The highest BCUT2D eigenvalue weighted by Gasteiger charge is 2.03. The zero-order valence-electron chi connectivity index (χ0n) is 24.8. The monoisotopic (exact) mass is 534 g/mol. The minimum absolute atomic E-state index is 0.0225. The molecule has 0 fully saturated rings. The first-order valence-corrected chi connectivity index (χ1v) is 17.4. The normalized spacial score (nSPS) is 11.3. The Balaban J connectivity index is 1.67. The fourth-order valence-electron chi connectivity index (χ4n) is 5.17. The summed E-state index contributed by atoms with van der Waals surface area (Å²) in [6, 6.07) is 4.44. The molecule has 1 aromatic heterocycles. The maximum Gasteiger partial charge on any atom is 0.305 e. The van der Waals surface area contributed by atoms with E-state index >= 15 is 0 Å².